The first-order chi connectivity index (χ1) is 13.6. The molecule has 3 aromatic carbocycles. The number of anilines is 1. The molecule has 0 saturated carbocycles. The van der Waals surface area contributed by atoms with Gasteiger partial charge in [-0.1, -0.05) is 54.6 Å². The zero-order valence-electron chi connectivity index (χ0n) is 15.6. The highest BCUT2D eigenvalue weighted by atomic mass is 16.5. The third-order valence-electron chi connectivity index (χ3n) is 4.12. The Kier molecular flexibility index (Phi) is 6.41. The van der Waals surface area contributed by atoms with Crippen molar-refractivity contribution in [2.45, 2.75) is 19.6 Å². The largest absolute Gasteiger partial charge is 0.481 e. The number of para-hydroxylation sites is 1. The lowest BCUT2D eigenvalue weighted by Crippen LogP contribution is -2.30. The molecule has 142 valence electrons. The van der Waals surface area contributed by atoms with Crippen LogP contribution in [0.25, 0.3) is 0 Å². The molecular formula is C23H22N2O3. The highest BCUT2D eigenvalue weighted by Gasteiger charge is 2.15. The zero-order chi connectivity index (χ0) is 19.8. The quantitative estimate of drug-likeness (QED) is 0.656. The van der Waals surface area contributed by atoms with Crippen LogP contribution in [-0.2, 0) is 11.3 Å². The number of carbonyl (C=O) groups excluding carboxylic acids is 2. The number of ether oxygens (including phenoxy) is 1. The van der Waals surface area contributed by atoms with Crippen molar-refractivity contribution in [2.75, 3.05) is 5.32 Å². The molecule has 2 amide bonds. The molecule has 0 aliphatic rings. The van der Waals surface area contributed by atoms with Gasteiger partial charge in [-0.15, -0.1) is 0 Å². The molecule has 28 heavy (non-hydrogen) atoms. The topological polar surface area (TPSA) is 67.4 Å². The maximum absolute atomic E-state index is 12.4. The van der Waals surface area contributed by atoms with Gasteiger partial charge in [-0.05, 0) is 42.8 Å². The Balaban J connectivity index is 1.57. The molecule has 0 radical (unpaired) electrons. The molecule has 2 N–H and O–H groups in total. The monoisotopic (exact) mass is 374 g/mol. The van der Waals surface area contributed by atoms with Crippen LogP contribution in [-0.4, -0.2) is 17.9 Å². The van der Waals surface area contributed by atoms with Crippen LogP contribution in [0.5, 0.6) is 5.75 Å². The van der Waals surface area contributed by atoms with E-state index >= 15 is 0 Å². The van der Waals surface area contributed by atoms with E-state index in [4.69, 9.17) is 4.74 Å². The molecule has 0 aliphatic carbocycles. The van der Waals surface area contributed by atoms with Crippen molar-refractivity contribution in [1.29, 1.82) is 0 Å². The first-order valence-corrected chi connectivity index (χ1v) is 9.06. The fraction of sp³-hybridized carbons (Fsp3) is 0.130. The van der Waals surface area contributed by atoms with Crippen molar-refractivity contribution >= 4 is 17.5 Å². The predicted octanol–water partition coefficient (Wildman–Crippen LogP) is 4.02. The Labute approximate surface area is 164 Å². The summed E-state index contributed by atoms with van der Waals surface area (Å²) in [7, 11) is 0. The second-order valence-electron chi connectivity index (χ2n) is 6.31. The lowest BCUT2D eigenvalue weighted by Gasteiger charge is -2.15. The third kappa shape index (κ3) is 5.45. The Morgan fingerprint density at radius 1 is 0.893 bits per heavy atom. The van der Waals surface area contributed by atoms with Crippen LogP contribution < -0.4 is 15.4 Å². The van der Waals surface area contributed by atoms with E-state index in [1.165, 1.54) is 0 Å². The van der Waals surface area contributed by atoms with Crippen molar-refractivity contribution in [2.24, 2.45) is 0 Å². The van der Waals surface area contributed by atoms with Crippen molar-refractivity contribution in [3.63, 3.8) is 0 Å². The minimum Gasteiger partial charge on any atom is -0.481 e. The van der Waals surface area contributed by atoms with Crippen LogP contribution in [0.15, 0.2) is 84.9 Å². The summed E-state index contributed by atoms with van der Waals surface area (Å²) in [5, 5.41) is 5.67. The van der Waals surface area contributed by atoms with Gasteiger partial charge in [0.15, 0.2) is 6.10 Å². The Bertz CT molecular complexity index is 927. The van der Waals surface area contributed by atoms with E-state index in [0.717, 1.165) is 5.56 Å². The molecule has 1 atom stereocenters. The van der Waals surface area contributed by atoms with Crippen LogP contribution >= 0.6 is 0 Å². The summed E-state index contributed by atoms with van der Waals surface area (Å²) in [5.41, 5.74) is 2.20. The molecule has 5 nitrogen and oxygen atoms in total. The van der Waals surface area contributed by atoms with Crippen LogP contribution in [0.3, 0.4) is 0 Å². The standard InChI is InChI=1S/C23H22N2O3/c1-17(22(26)25-20-12-6-3-7-13-20)28-21-14-8-11-19(15-21)23(27)24-16-18-9-4-2-5-10-18/h2-15,17H,16H2,1H3,(H,24,27)(H,25,26)/t17-/m1/s1. The van der Waals surface area contributed by atoms with Crippen molar-refractivity contribution in [3.8, 4) is 5.75 Å². The van der Waals surface area contributed by atoms with Crippen LogP contribution in [0.1, 0.15) is 22.8 Å². The molecule has 3 rings (SSSR count). The SMILES string of the molecule is C[C@@H](Oc1cccc(C(=O)NCc2ccccc2)c1)C(=O)Nc1ccccc1. The van der Waals surface area contributed by atoms with Gasteiger partial charge in [0, 0.05) is 17.8 Å². The Morgan fingerprint density at radius 3 is 2.29 bits per heavy atom. The molecule has 0 aliphatic heterocycles. The fourth-order valence-corrected chi connectivity index (χ4v) is 2.61. The van der Waals surface area contributed by atoms with Gasteiger partial charge in [0.05, 0.1) is 0 Å². The molecule has 0 saturated heterocycles. The van der Waals surface area contributed by atoms with E-state index in [2.05, 4.69) is 10.6 Å². The molecule has 0 bridgehead atoms. The highest BCUT2D eigenvalue weighted by molar-refractivity contribution is 5.95. The number of carbonyl (C=O) groups is 2. The minimum atomic E-state index is -0.706. The summed E-state index contributed by atoms with van der Waals surface area (Å²) in [6, 6.07) is 25.7. The summed E-state index contributed by atoms with van der Waals surface area (Å²) < 4.78 is 5.71. The number of amides is 2. The average molecular weight is 374 g/mol. The maximum atomic E-state index is 12.4. The van der Waals surface area contributed by atoms with Crippen LogP contribution in [0, 0.1) is 0 Å². The van der Waals surface area contributed by atoms with E-state index in [1.54, 1.807) is 31.2 Å². The Hall–Kier alpha value is -3.60. The van der Waals surface area contributed by atoms with Gasteiger partial charge < -0.3 is 15.4 Å². The summed E-state index contributed by atoms with van der Waals surface area (Å²) in [4.78, 5) is 24.7. The van der Waals surface area contributed by atoms with Crippen molar-refractivity contribution < 1.29 is 14.3 Å². The molecule has 0 aromatic heterocycles. The van der Waals surface area contributed by atoms with E-state index in [0.29, 0.717) is 23.5 Å². The molecule has 0 fully saturated rings. The molecular weight excluding hydrogens is 352 g/mol. The van der Waals surface area contributed by atoms with Gasteiger partial charge in [-0.2, -0.15) is 0 Å². The zero-order valence-corrected chi connectivity index (χ0v) is 15.6. The van der Waals surface area contributed by atoms with Gasteiger partial charge in [-0.3, -0.25) is 9.59 Å². The van der Waals surface area contributed by atoms with Gasteiger partial charge in [0.2, 0.25) is 0 Å². The maximum Gasteiger partial charge on any atom is 0.265 e. The molecule has 5 heteroatoms. The van der Waals surface area contributed by atoms with E-state index in [9.17, 15) is 9.59 Å². The number of hydrogen-bond acceptors (Lipinski definition) is 3. The molecule has 3 aromatic rings. The van der Waals surface area contributed by atoms with Gasteiger partial charge >= 0.3 is 0 Å². The average Bonchev–Trinajstić information content (AvgIpc) is 2.73. The lowest BCUT2D eigenvalue weighted by atomic mass is 10.2. The van der Waals surface area contributed by atoms with E-state index in [1.807, 2.05) is 60.7 Å². The molecule has 0 unspecified atom stereocenters. The minimum absolute atomic E-state index is 0.198. The number of rotatable bonds is 7. The third-order valence-corrected chi connectivity index (χ3v) is 4.12. The summed E-state index contributed by atoms with van der Waals surface area (Å²) in [5.74, 6) is 0.00361. The fourth-order valence-electron chi connectivity index (χ4n) is 2.61. The van der Waals surface area contributed by atoms with Crippen LogP contribution in [0.2, 0.25) is 0 Å². The second kappa shape index (κ2) is 9.37. The van der Waals surface area contributed by atoms with Gasteiger partial charge in [-0.25, -0.2) is 0 Å². The Morgan fingerprint density at radius 2 is 1.57 bits per heavy atom. The number of benzene rings is 3. The lowest BCUT2D eigenvalue weighted by molar-refractivity contribution is -0.122. The van der Waals surface area contributed by atoms with Crippen molar-refractivity contribution in [1.82, 2.24) is 5.32 Å². The van der Waals surface area contributed by atoms with E-state index in [-0.39, 0.29) is 11.8 Å². The normalized spacial score (nSPS) is 11.3. The first-order valence-electron chi connectivity index (χ1n) is 9.06. The van der Waals surface area contributed by atoms with Crippen LogP contribution in [0.4, 0.5) is 5.69 Å². The predicted molar refractivity (Wildman–Crippen MR) is 109 cm³/mol. The smallest absolute Gasteiger partial charge is 0.265 e. The van der Waals surface area contributed by atoms with Gasteiger partial charge in [0.25, 0.3) is 11.8 Å². The first kappa shape index (κ1) is 19.2. The van der Waals surface area contributed by atoms with Gasteiger partial charge in [0.1, 0.15) is 5.75 Å². The summed E-state index contributed by atoms with van der Waals surface area (Å²) >= 11 is 0. The summed E-state index contributed by atoms with van der Waals surface area (Å²) in [6.07, 6.45) is -0.706. The summed E-state index contributed by atoms with van der Waals surface area (Å²) in [6.45, 7) is 2.11. The number of nitrogens with one attached hydrogen (secondary N) is 2. The highest BCUT2D eigenvalue weighted by Crippen LogP contribution is 2.16. The van der Waals surface area contributed by atoms with E-state index < -0.39 is 6.10 Å². The second-order valence-corrected chi connectivity index (χ2v) is 6.31. The molecule has 0 heterocycles. The number of hydrogen-bond donors (Lipinski definition) is 2. The van der Waals surface area contributed by atoms with Crippen molar-refractivity contribution in [3.05, 3.63) is 96.1 Å². The molecule has 0 spiro atoms.